The topological polar surface area (TPSA) is 74.8 Å². The summed E-state index contributed by atoms with van der Waals surface area (Å²) in [6, 6.07) is 11.0. The molecule has 0 saturated carbocycles. The third-order valence-electron chi connectivity index (χ3n) is 3.09. The third-order valence-corrected chi connectivity index (χ3v) is 3.09. The molecule has 0 amide bonds. The van der Waals surface area contributed by atoms with E-state index in [0.29, 0.717) is 11.4 Å². The number of aryl methyl sites for hydroxylation is 2. The minimum atomic E-state index is -1.38. The lowest BCUT2D eigenvalue weighted by Crippen LogP contribution is -1.99. The van der Waals surface area contributed by atoms with Crippen LogP contribution in [0.4, 0.5) is 5.69 Å². The van der Waals surface area contributed by atoms with E-state index in [1.165, 1.54) is 0 Å². The number of hydrogen-bond donors (Lipinski definition) is 2. The third kappa shape index (κ3) is 4.18. The number of aromatic nitrogens is 1. The Kier molecular flexibility index (Phi) is 4.89. The van der Waals surface area contributed by atoms with Gasteiger partial charge in [0.1, 0.15) is 0 Å². The van der Waals surface area contributed by atoms with Crippen molar-refractivity contribution in [2.24, 2.45) is 0 Å². The minimum Gasteiger partial charge on any atom is -0.502 e. The summed E-state index contributed by atoms with van der Waals surface area (Å²) in [7, 11) is 0. The van der Waals surface area contributed by atoms with Crippen LogP contribution in [0.5, 0.6) is 0 Å². The number of aliphatic carboxylic acids is 1. The Hall–Kier alpha value is -3.13. The van der Waals surface area contributed by atoms with E-state index in [0.717, 1.165) is 30.0 Å². The highest BCUT2D eigenvalue weighted by Gasteiger charge is 2.04. The minimum absolute atomic E-state index is 0.388. The van der Waals surface area contributed by atoms with Crippen molar-refractivity contribution in [3.05, 3.63) is 76.6 Å². The molecule has 5 nitrogen and oxygen atoms in total. The number of pyridine rings is 1. The molecule has 0 aliphatic heterocycles. The van der Waals surface area contributed by atoms with Crippen molar-refractivity contribution in [3.8, 4) is 0 Å². The molecule has 2 N–H and O–H groups in total. The number of aliphatic hydroxyl groups is 1. The summed E-state index contributed by atoms with van der Waals surface area (Å²) in [5, 5.41) is 17.7. The van der Waals surface area contributed by atoms with Crippen LogP contribution >= 0.6 is 0 Å². The molecule has 110 valence electrons. The van der Waals surface area contributed by atoms with E-state index < -0.39 is 11.7 Å². The normalized spacial score (nSPS) is 11.0. The van der Waals surface area contributed by atoms with Crippen LogP contribution in [0, 0.1) is 6.57 Å². The van der Waals surface area contributed by atoms with Crippen LogP contribution in [0.15, 0.2) is 48.4 Å². The highest BCUT2D eigenvalue weighted by molar-refractivity contribution is 5.88. The second-order valence-electron chi connectivity index (χ2n) is 4.71. The first kappa shape index (κ1) is 15.3. The zero-order valence-electron chi connectivity index (χ0n) is 11.7. The molecule has 0 bridgehead atoms. The second kappa shape index (κ2) is 7.04. The SMILES string of the molecule is [C-]#[N+]c1cccc(CCc2ccc(/C=C(\O)C(=O)O)nc2)c1. The van der Waals surface area contributed by atoms with Crippen molar-refractivity contribution in [3.63, 3.8) is 0 Å². The number of carboxylic acids is 1. The average Bonchev–Trinajstić information content (AvgIpc) is 2.54. The molecule has 1 aromatic heterocycles. The number of nitrogens with zero attached hydrogens (tertiary/aromatic N) is 2. The molecule has 0 fully saturated rings. The van der Waals surface area contributed by atoms with Gasteiger partial charge in [-0.15, -0.1) is 0 Å². The lowest BCUT2D eigenvalue weighted by molar-refractivity contribution is -0.135. The molecule has 5 heteroatoms. The number of carbonyl (C=O) groups is 1. The molecule has 1 heterocycles. The predicted molar refractivity (Wildman–Crippen MR) is 82.6 cm³/mol. The van der Waals surface area contributed by atoms with Crippen molar-refractivity contribution < 1.29 is 15.0 Å². The highest BCUT2D eigenvalue weighted by Crippen LogP contribution is 2.15. The summed E-state index contributed by atoms with van der Waals surface area (Å²) in [5.74, 6) is -2.12. The predicted octanol–water partition coefficient (Wildman–Crippen LogP) is 3.40. The Balaban J connectivity index is 2.01. The van der Waals surface area contributed by atoms with Crippen LogP contribution < -0.4 is 0 Å². The summed E-state index contributed by atoms with van der Waals surface area (Å²) in [6.45, 7) is 6.99. The number of aliphatic hydroxyl groups excluding tert-OH is 1. The largest absolute Gasteiger partial charge is 0.502 e. The van der Waals surface area contributed by atoms with Crippen LogP contribution in [0.1, 0.15) is 16.8 Å². The average molecular weight is 294 g/mol. The van der Waals surface area contributed by atoms with Gasteiger partial charge in [-0.1, -0.05) is 35.9 Å². The smallest absolute Gasteiger partial charge is 0.371 e. The van der Waals surface area contributed by atoms with Crippen molar-refractivity contribution in [2.75, 3.05) is 0 Å². The molecule has 2 aromatic rings. The maximum Gasteiger partial charge on any atom is 0.371 e. The molecule has 0 unspecified atom stereocenters. The zero-order chi connectivity index (χ0) is 15.9. The van der Waals surface area contributed by atoms with E-state index in [2.05, 4.69) is 9.83 Å². The summed E-state index contributed by atoms with van der Waals surface area (Å²) >= 11 is 0. The molecular weight excluding hydrogens is 280 g/mol. The Morgan fingerprint density at radius 1 is 1.18 bits per heavy atom. The van der Waals surface area contributed by atoms with Crippen LogP contribution in [0.2, 0.25) is 0 Å². The van der Waals surface area contributed by atoms with Crippen molar-refractivity contribution in [1.29, 1.82) is 0 Å². The molecule has 2 rings (SSSR count). The van der Waals surface area contributed by atoms with E-state index >= 15 is 0 Å². The maximum absolute atomic E-state index is 10.5. The first-order valence-corrected chi connectivity index (χ1v) is 6.64. The quantitative estimate of drug-likeness (QED) is 0.503. The van der Waals surface area contributed by atoms with E-state index in [-0.39, 0.29) is 0 Å². The van der Waals surface area contributed by atoms with E-state index in [4.69, 9.17) is 16.8 Å². The van der Waals surface area contributed by atoms with E-state index in [1.807, 2.05) is 24.3 Å². The fourth-order valence-corrected chi connectivity index (χ4v) is 1.94. The summed E-state index contributed by atoms with van der Waals surface area (Å²) in [6.07, 6.45) is 4.31. The van der Waals surface area contributed by atoms with Gasteiger partial charge in [-0.05, 0) is 24.5 Å². The second-order valence-corrected chi connectivity index (χ2v) is 4.71. The van der Waals surface area contributed by atoms with Gasteiger partial charge in [0, 0.05) is 12.3 Å². The number of benzene rings is 1. The Morgan fingerprint density at radius 3 is 2.59 bits per heavy atom. The number of rotatable bonds is 5. The van der Waals surface area contributed by atoms with Gasteiger partial charge < -0.3 is 10.2 Å². The van der Waals surface area contributed by atoms with Gasteiger partial charge in [0.05, 0.1) is 12.3 Å². The standard InChI is InChI=1S/C17H14N2O3/c1-18-14-4-2-3-12(9-14)5-6-13-7-8-15(19-11-13)10-16(20)17(21)22/h2-4,7-11,20H,5-6H2,(H,21,22)/b16-10-. The van der Waals surface area contributed by atoms with E-state index in [1.54, 1.807) is 18.3 Å². The van der Waals surface area contributed by atoms with Crippen LogP contribution in [0.3, 0.4) is 0 Å². The zero-order valence-corrected chi connectivity index (χ0v) is 11.7. The Labute approximate surface area is 128 Å². The van der Waals surface area contributed by atoms with Crippen molar-refractivity contribution in [1.82, 2.24) is 4.98 Å². The molecule has 0 spiro atoms. The molecule has 0 aliphatic rings. The summed E-state index contributed by atoms with van der Waals surface area (Å²) in [4.78, 5) is 18.0. The van der Waals surface area contributed by atoms with Crippen LogP contribution in [-0.2, 0) is 17.6 Å². The van der Waals surface area contributed by atoms with Gasteiger partial charge >= 0.3 is 5.97 Å². The van der Waals surface area contributed by atoms with Crippen molar-refractivity contribution in [2.45, 2.75) is 12.8 Å². The van der Waals surface area contributed by atoms with E-state index in [9.17, 15) is 4.79 Å². The fourth-order valence-electron chi connectivity index (χ4n) is 1.94. The summed E-state index contributed by atoms with van der Waals surface area (Å²) < 4.78 is 0. The van der Waals surface area contributed by atoms with Crippen LogP contribution in [0.25, 0.3) is 10.9 Å². The fraction of sp³-hybridized carbons (Fsp3) is 0.118. The monoisotopic (exact) mass is 294 g/mol. The molecule has 0 aliphatic carbocycles. The van der Waals surface area contributed by atoms with Crippen molar-refractivity contribution >= 4 is 17.7 Å². The van der Waals surface area contributed by atoms with Gasteiger partial charge in [-0.3, -0.25) is 4.98 Å². The first-order chi connectivity index (χ1) is 10.6. The van der Waals surface area contributed by atoms with Gasteiger partial charge in [-0.25, -0.2) is 9.64 Å². The van der Waals surface area contributed by atoms with Gasteiger partial charge in [0.15, 0.2) is 5.69 Å². The Morgan fingerprint density at radius 2 is 1.95 bits per heavy atom. The maximum atomic E-state index is 10.5. The van der Waals surface area contributed by atoms with Gasteiger partial charge in [0.2, 0.25) is 5.76 Å². The first-order valence-electron chi connectivity index (χ1n) is 6.64. The number of hydrogen-bond acceptors (Lipinski definition) is 3. The lowest BCUT2D eigenvalue weighted by Gasteiger charge is -2.03. The molecule has 0 radical (unpaired) electrons. The molecule has 1 aromatic carbocycles. The highest BCUT2D eigenvalue weighted by atomic mass is 16.4. The summed E-state index contributed by atoms with van der Waals surface area (Å²) in [5.41, 5.74) is 3.10. The molecule has 0 atom stereocenters. The molecule has 0 saturated heterocycles. The molecule has 22 heavy (non-hydrogen) atoms. The lowest BCUT2D eigenvalue weighted by atomic mass is 10.1. The Bertz CT molecular complexity index is 743. The molecular formula is C17H14N2O3. The van der Waals surface area contributed by atoms with Gasteiger partial charge in [-0.2, -0.15) is 0 Å². The van der Waals surface area contributed by atoms with Crippen LogP contribution in [-0.4, -0.2) is 21.2 Å². The van der Waals surface area contributed by atoms with Gasteiger partial charge in [0.25, 0.3) is 0 Å². The number of carboxylic acid groups (broad SMARTS) is 1.